The fourth-order valence-corrected chi connectivity index (χ4v) is 6.78. The zero-order valence-corrected chi connectivity index (χ0v) is 19.0. The molecule has 2 heterocycles. The highest BCUT2D eigenvalue weighted by Gasteiger charge is 2.29. The van der Waals surface area contributed by atoms with E-state index in [9.17, 15) is 16.8 Å². The molecule has 9 nitrogen and oxygen atoms in total. The number of rotatable bonds is 8. The third-order valence-corrected chi connectivity index (χ3v) is 8.53. The Hall–Kier alpha value is -0.760. The third-order valence-electron chi connectivity index (χ3n) is 4.52. The Morgan fingerprint density at radius 2 is 1.29 bits per heavy atom. The molecule has 0 saturated carbocycles. The van der Waals surface area contributed by atoms with Crippen LogP contribution in [0.1, 0.15) is 12.8 Å². The van der Waals surface area contributed by atoms with Crippen LogP contribution in [0, 0.1) is 0 Å². The van der Waals surface area contributed by atoms with Crippen molar-refractivity contribution in [2.75, 3.05) is 56.4 Å². The first-order valence-electron chi connectivity index (χ1n) is 9.01. The molecule has 0 spiro atoms. The number of nitrogens with zero attached hydrogens (tertiary/aromatic N) is 1. The molecule has 2 rings (SSSR count). The van der Waals surface area contributed by atoms with Gasteiger partial charge in [0.2, 0.25) is 0 Å². The highest BCUT2D eigenvalue weighted by atomic mass is 32.2. The van der Waals surface area contributed by atoms with Crippen LogP contribution in [0.3, 0.4) is 0 Å². The molecule has 2 unspecified atom stereocenters. The fourth-order valence-electron chi connectivity index (χ4n) is 2.93. The average Bonchev–Trinajstić information content (AvgIpc) is 3.08. The van der Waals surface area contributed by atoms with Gasteiger partial charge in [-0.05, 0) is 44.3 Å². The van der Waals surface area contributed by atoms with Crippen LogP contribution in [0.15, 0.2) is 0 Å². The minimum atomic E-state index is -2.95. The van der Waals surface area contributed by atoms with Gasteiger partial charge in [-0.15, -0.1) is 0 Å². The number of likely N-dealkylation sites (N-methyl/N-ethyl adjacent to an activating group) is 1. The van der Waals surface area contributed by atoms with E-state index in [1.165, 1.54) is 0 Å². The van der Waals surface area contributed by atoms with Crippen LogP contribution in [0.25, 0.3) is 0 Å². The summed E-state index contributed by atoms with van der Waals surface area (Å²) in [5, 5.41) is 6.27. The van der Waals surface area contributed by atoms with Crippen LogP contribution < -0.4 is 10.6 Å². The molecule has 0 aliphatic carbocycles. The van der Waals surface area contributed by atoms with E-state index in [1.54, 1.807) is 0 Å². The van der Waals surface area contributed by atoms with Crippen molar-refractivity contribution in [1.82, 2.24) is 15.5 Å². The van der Waals surface area contributed by atoms with Gasteiger partial charge < -0.3 is 20.1 Å². The Morgan fingerprint density at radius 1 is 0.893 bits per heavy atom. The number of sulfone groups is 2. The highest BCUT2D eigenvalue weighted by Crippen LogP contribution is 2.12. The number of hydrogen-bond donors (Lipinski definition) is 2. The first-order valence-corrected chi connectivity index (χ1v) is 13.5. The third kappa shape index (κ3) is 8.72. The van der Waals surface area contributed by atoms with E-state index in [-0.39, 0.29) is 45.4 Å². The molecule has 2 aliphatic heterocycles. The molecule has 0 amide bonds. The minimum absolute atomic E-state index is 0.0917. The van der Waals surface area contributed by atoms with Crippen molar-refractivity contribution in [2.45, 2.75) is 24.9 Å². The second-order valence-corrected chi connectivity index (χ2v) is 12.3. The summed E-state index contributed by atoms with van der Waals surface area (Å²) in [5.74, 6) is 0.551. The van der Waals surface area contributed by atoms with Crippen molar-refractivity contribution < 1.29 is 26.3 Å². The van der Waals surface area contributed by atoms with Crippen molar-refractivity contribution in [2.24, 2.45) is 0 Å². The van der Waals surface area contributed by atoms with E-state index in [1.807, 2.05) is 11.9 Å². The molecule has 2 N–H and O–H groups in total. The summed E-state index contributed by atoms with van der Waals surface area (Å²) in [5.41, 5.74) is 0. The van der Waals surface area contributed by atoms with Crippen molar-refractivity contribution in [3.05, 3.63) is 0 Å². The molecule has 13 heteroatoms. The van der Waals surface area contributed by atoms with Crippen LogP contribution >= 0.6 is 24.4 Å². The standard InChI is InChI=1S/C15H27N3O6S4/c1-18(4-6-23-14(25)16-12-2-8-27(19,20)10-12)5-7-24-15(26)17-13-3-9-28(21,22)11-13/h12-13H,2-11H2,1H3,(H,16,25)(H,17,26). The van der Waals surface area contributed by atoms with E-state index in [0.717, 1.165) is 0 Å². The van der Waals surface area contributed by atoms with Gasteiger partial charge in [-0.3, -0.25) is 4.90 Å². The summed E-state index contributed by atoms with van der Waals surface area (Å²) >= 11 is 10.2. The van der Waals surface area contributed by atoms with E-state index < -0.39 is 19.7 Å². The SMILES string of the molecule is CN(CCOC(=S)NC1CCS(=O)(=O)C1)CCOC(=S)NC1CCS(=O)(=O)C1. The van der Waals surface area contributed by atoms with Crippen LogP contribution in [0.5, 0.6) is 0 Å². The van der Waals surface area contributed by atoms with Crippen LogP contribution in [-0.2, 0) is 29.1 Å². The second kappa shape index (κ2) is 10.3. The maximum absolute atomic E-state index is 11.4. The Balaban J connectivity index is 1.51. The number of hydrogen-bond acceptors (Lipinski definition) is 9. The quantitative estimate of drug-likeness (QED) is 0.426. The van der Waals surface area contributed by atoms with Gasteiger partial charge in [0, 0.05) is 25.2 Å². The van der Waals surface area contributed by atoms with Crippen molar-refractivity contribution in [1.29, 1.82) is 0 Å². The summed E-state index contributed by atoms with van der Waals surface area (Å²) in [7, 11) is -4.01. The molecular weight excluding hydrogens is 446 g/mol. The maximum Gasteiger partial charge on any atom is 0.256 e. The lowest BCUT2D eigenvalue weighted by molar-refractivity contribution is 0.189. The predicted octanol–water partition coefficient (Wildman–Crippen LogP) is -0.925. The molecule has 28 heavy (non-hydrogen) atoms. The monoisotopic (exact) mass is 473 g/mol. The van der Waals surface area contributed by atoms with Gasteiger partial charge in [-0.25, -0.2) is 16.8 Å². The topological polar surface area (TPSA) is 114 Å². The Labute approximate surface area is 177 Å². The normalized spacial score (nSPS) is 25.4. The van der Waals surface area contributed by atoms with E-state index >= 15 is 0 Å². The minimum Gasteiger partial charge on any atom is -0.470 e. The zero-order valence-electron chi connectivity index (χ0n) is 15.8. The lowest BCUT2D eigenvalue weighted by Crippen LogP contribution is -2.38. The molecule has 0 bridgehead atoms. The fraction of sp³-hybridized carbons (Fsp3) is 0.867. The summed E-state index contributed by atoms with van der Waals surface area (Å²) in [6.07, 6.45) is 1.09. The zero-order chi connectivity index (χ0) is 20.8. The first-order chi connectivity index (χ1) is 13.0. The predicted molar refractivity (Wildman–Crippen MR) is 115 cm³/mol. The van der Waals surface area contributed by atoms with Crippen LogP contribution in [0.2, 0.25) is 0 Å². The van der Waals surface area contributed by atoms with Gasteiger partial charge in [-0.2, -0.15) is 0 Å². The smallest absolute Gasteiger partial charge is 0.256 e. The lowest BCUT2D eigenvalue weighted by Gasteiger charge is -2.19. The Morgan fingerprint density at radius 3 is 1.61 bits per heavy atom. The molecule has 2 atom stereocenters. The van der Waals surface area contributed by atoms with Gasteiger partial charge in [0.15, 0.2) is 19.7 Å². The van der Waals surface area contributed by atoms with Gasteiger partial charge in [0.05, 0.1) is 23.0 Å². The van der Waals surface area contributed by atoms with E-state index in [2.05, 4.69) is 10.6 Å². The van der Waals surface area contributed by atoms with Gasteiger partial charge >= 0.3 is 0 Å². The van der Waals surface area contributed by atoms with Crippen LogP contribution in [-0.4, -0.2) is 101 Å². The molecule has 0 aromatic carbocycles. The molecule has 0 aromatic heterocycles. The molecular formula is C15H27N3O6S4. The summed E-state index contributed by atoms with van der Waals surface area (Å²) in [6, 6.07) is -0.348. The largest absolute Gasteiger partial charge is 0.470 e. The van der Waals surface area contributed by atoms with Gasteiger partial charge in [0.1, 0.15) is 13.2 Å². The van der Waals surface area contributed by atoms with Crippen molar-refractivity contribution in [3.8, 4) is 0 Å². The lowest BCUT2D eigenvalue weighted by atomic mass is 10.3. The summed E-state index contributed by atoms with van der Waals surface area (Å²) in [6.45, 7) is 1.94. The molecule has 0 radical (unpaired) electrons. The average molecular weight is 474 g/mol. The number of ether oxygens (including phenoxy) is 2. The van der Waals surface area contributed by atoms with E-state index in [0.29, 0.717) is 39.1 Å². The second-order valence-electron chi connectivity index (χ2n) is 7.06. The molecule has 2 fully saturated rings. The Kier molecular flexibility index (Phi) is 8.67. The number of thiocarbonyl (C=S) groups is 2. The number of nitrogens with one attached hydrogen (secondary N) is 2. The van der Waals surface area contributed by atoms with E-state index in [4.69, 9.17) is 33.9 Å². The summed E-state index contributed by atoms with van der Waals surface area (Å²) in [4.78, 5) is 1.98. The van der Waals surface area contributed by atoms with Gasteiger partial charge in [0.25, 0.3) is 10.3 Å². The molecule has 162 valence electrons. The molecule has 2 saturated heterocycles. The maximum atomic E-state index is 11.4. The van der Waals surface area contributed by atoms with Crippen molar-refractivity contribution >= 4 is 54.5 Å². The highest BCUT2D eigenvalue weighted by molar-refractivity contribution is 7.92. The van der Waals surface area contributed by atoms with Gasteiger partial charge in [-0.1, -0.05) is 0 Å². The van der Waals surface area contributed by atoms with Crippen LogP contribution in [0.4, 0.5) is 0 Å². The molecule has 0 aromatic rings. The molecule has 2 aliphatic rings. The Bertz CT molecular complexity index is 707. The first kappa shape index (κ1) is 23.5. The van der Waals surface area contributed by atoms with Crippen molar-refractivity contribution in [3.63, 3.8) is 0 Å². The summed E-state index contributed by atoms with van der Waals surface area (Å²) < 4.78 is 56.5.